The van der Waals surface area contributed by atoms with E-state index in [1.807, 2.05) is 6.07 Å². The molecule has 1 fully saturated rings. The van der Waals surface area contributed by atoms with E-state index >= 15 is 0 Å². The molecule has 1 aliphatic rings. The quantitative estimate of drug-likeness (QED) is 0.871. The third kappa shape index (κ3) is 3.57. The monoisotopic (exact) mass is 293 g/mol. The molecule has 1 heterocycles. The van der Waals surface area contributed by atoms with Gasteiger partial charge in [-0.15, -0.1) is 0 Å². The molecule has 2 nitrogen and oxygen atoms in total. The Balaban J connectivity index is 2.22. The fraction of sp³-hybridized carbons (Fsp3) is 0.667. The van der Waals surface area contributed by atoms with Crippen molar-refractivity contribution in [2.24, 2.45) is 11.3 Å². The molecule has 0 aliphatic carbocycles. The normalized spacial score (nSPS) is 18.9. The van der Waals surface area contributed by atoms with Crippen molar-refractivity contribution in [1.82, 2.24) is 0 Å². The van der Waals surface area contributed by atoms with Crippen LogP contribution in [0.4, 0.5) is 10.1 Å². The summed E-state index contributed by atoms with van der Waals surface area (Å²) in [5, 5.41) is 9.94. The smallest absolute Gasteiger partial charge is 0.126 e. The van der Waals surface area contributed by atoms with E-state index in [0.717, 1.165) is 37.5 Å². The Hall–Kier alpha value is -1.09. The zero-order valence-corrected chi connectivity index (χ0v) is 13.9. The third-order valence-corrected chi connectivity index (χ3v) is 4.82. The number of piperidine rings is 1. The zero-order chi connectivity index (χ0) is 15.8. The summed E-state index contributed by atoms with van der Waals surface area (Å²) in [4.78, 5) is 2.30. The first kappa shape index (κ1) is 16.3. The van der Waals surface area contributed by atoms with Gasteiger partial charge in [-0.05, 0) is 55.7 Å². The molecule has 1 aromatic rings. The first-order valence-electron chi connectivity index (χ1n) is 7.93. The van der Waals surface area contributed by atoms with Crippen LogP contribution in [0.1, 0.15) is 57.8 Å². The molecule has 0 radical (unpaired) electrons. The second kappa shape index (κ2) is 5.96. The SMILES string of the molecule is Cc1cc(N2CCC(C(C)(C)C)CC2)c([C@@H](C)O)cc1F. The molecule has 3 heteroatoms. The fourth-order valence-corrected chi connectivity index (χ4v) is 3.28. The molecule has 0 saturated carbocycles. The summed E-state index contributed by atoms with van der Waals surface area (Å²) in [5.41, 5.74) is 2.69. The number of hydrogen-bond acceptors (Lipinski definition) is 2. The largest absolute Gasteiger partial charge is 0.389 e. The van der Waals surface area contributed by atoms with E-state index in [1.54, 1.807) is 13.8 Å². The van der Waals surface area contributed by atoms with Crippen molar-refractivity contribution in [3.8, 4) is 0 Å². The second-order valence-electron chi connectivity index (χ2n) is 7.46. The van der Waals surface area contributed by atoms with Crippen LogP contribution < -0.4 is 4.90 Å². The highest BCUT2D eigenvalue weighted by Crippen LogP contribution is 2.37. The number of rotatable bonds is 2. The van der Waals surface area contributed by atoms with Crippen molar-refractivity contribution < 1.29 is 9.50 Å². The lowest BCUT2D eigenvalue weighted by Crippen LogP contribution is -2.38. The van der Waals surface area contributed by atoms with Crippen molar-refractivity contribution in [3.05, 3.63) is 29.1 Å². The van der Waals surface area contributed by atoms with Gasteiger partial charge in [0.05, 0.1) is 6.10 Å². The minimum atomic E-state index is -0.643. The predicted molar refractivity (Wildman–Crippen MR) is 86.2 cm³/mol. The minimum Gasteiger partial charge on any atom is -0.389 e. The maximum Gasteiger partial charge on any atom is 0.126 e. The summed E-state index contributed by atoms with van der Waals surface area (Å²) < 4.78 is 13.8. The molecule has 1 aliphatic heterocycles. The van der Waals surface area contributed by atoms with Gasteiger partial charge in [-0.25, -0.2) is 4.39 Å². The van der Waals surface area contributed by atoms with Gasteiger partial charge in [-0.1, -0.05) is 20.8 Å². The molecule has 1 aromatic carbocycles. The third-order valence-electron chi connectivity index (χ3n) is 4.82. The van der Waals surface area contributed by atoms with Gasteiger partial charge < -0.3 is 10.0 Å². The van der Waals surface area contributed by atoms with E-state index in [2.05, 4.69) is 25.7 Å². The molecule has 21 heavy (non-hydrogen) atoms. The highest BCUT2D eigenvalue weighted by Gasteiger charge is 2.30. The summed E-state index contributed by atoms with van der Waals surface area (Å²) in [6.07, 6.45) is 1.66. The van der Waals surface area contributed by atoms with Crippen molar-refractivity contribution in [2.45, 2.75) is 53.6 Å². The number of aliphatic hydroxyl groups excluding tert-OH is 1. The maximum atomic E-state index is 13.8. The van der Waals surface area contributed by atoms with Gasteiger partial charge in [0, 0.05) is 24.3 Å². The van der Waals surface area contributed by atoms with Crippen molar-refractivity contribution >= 4 is 5.69 Å². The standard InChI is InChI=1S/C18H28FNO/c1-12-10-17(15(13(2)21)11-16(12)19)20-8-6-14(7-9-20)18(3,4)5/h10-11,13-14,21H,6-9H2,1-5H3/t13-/m1/s1. The average Bonchev–Trinajstić information content (AvgIpc) is 2.40. The summed E-state index contributed by atoms with van der Waals surface area (Å²) >= 11 is 0. The van der Waals surface area contributed by atoms with Crippen LogP contribution in [0.15, 0.2) is 12.1 Å². The van der Waals surface area contributed by atoms with E-state index in [1.165, 1.54) is 6.07 Å². The first-order chi connectivity index (χ1) is 9.70. The number of aliphatic hydroxyl groups is 1. The fourth-order valence-electron chi connectivity index (χ4n) is 3.28. The van der Waals surface area contributed by atoms with Crippen LogP contribution in [-0.4, -0.2) is 18.2 Å². The molecular weight excluding hydrogens is 265 g/mol. The van der Waals surface area contributed by atoms with Gasteiger partial charge in [0.25, 0.3) is 0 Å². The summed E-state index contributed by atoms with van der Waals surface area (Å²) in [6, 6.07) is 3.37. The number of hydrogen-bond donors (Lipinski definition) is 1. The number of halogens is 1. The van der Waals surface area contributed by atoms with Gasteiger partial charge in [0.1, 0.15) is 5.82 Å². The second-order valence-corrected chi connectivity index (χ2v) is 7.46. The molecule has 1 atom stereocenters. The summed E-state index contributed by atoms with van der Waals surface area (Å²) in [5.74, 6) is 0.490. The molecule has 118 valence electrons. The van der Waals surface area contributed by atoms with Gasteiger partial charge in [0.15, 0.2) is 0 Å². The van der Waals surface area contributed by atoms with Crippen LogP contribution in [0.5, 0.6) is 0 Å². The molecule has 0 aromatic heterocycles. The van der Waals surface area contributed by atoms with Crippen molar-refractivity contribution in [2.75, 3.05) is 18.0 Å². The van der Waals surface area contributed by atoms with Gasteiger partial charge in [-0.3, -0.25) is 0 Å². The van der Waals surface area contributed by atoms with E-state index in [0.29, 0.717) is 16.5 Å². The van der Waals surface area contributed by atoms with Crippen molar-refractivity contribution in [3.63, 3.8) is 0 Å². The highest BCUT2D eigenvalue weighted by molar-refractivity contribution is 5.57. The number of aryl methyl sites for hydroxylation is 1. The van der Waals surface area contributed by atoms with E-state index in [9.17, 15) is 9.50 Å². The lowest BCUT2D eigenvalue weighted by molar-refractivity contribution is 0.193. The number of anilines is 1. The van der Waals surface area contributed by atoms with Gasteiger partial charge >= 0.3 is 0 Å². The Labute approximate surface area is 128 Å². The molecule has 0 unspecified atom stereocenters. The Morgan fingerprint density at radius 2 is 1.81 bits per heavy atom. The average molecular weight is 293 g/mol. The first-order valence-corrected chi connectivity index (χ1v) is 7.93. The van der Waals surface area contributed by atoms with Crippen LogP contribution in [-0.2, 0) is 0 Å². The molecule has 0 bridgehead atoms. The topological polar surface area (TPSA) is 23.5 Å². The Kier molecular flexibility index (Phi) is 4.62. The summed E-state index contributed by atoms with van der Waals surface area (Å²) in [7, 11) is 0. The highest BCUT2D eigenvalue weighted by atomic mass is 19.1. The van der Waals surface area contributed by atoms with E-state index < -0.39 is 6.10 Å². The Morgan fingerprint density at radius 1 is 1.24 bits per heavy atom. The zero-order valence-electron chi connectivity index (χ0n) is 13.9. The van der Waals surface area contributed by atoms with Crippen LogP contribution in [0.2, 0.25) is 0 Å². The maximum absolute atomic E-state index is 13.8. The number of benzene rings is 1. The Bertz CT molecular complexity index is 497. The van der Waals surface area contributed by atoms with E-state index in [4.69, 9.17) is 0 Å². The lowest BCUT2D eigenvalue weighted by Gasteiger charge is -2.40. The van der Waals surface area contributed by atoms with E-state index in [-0.39, 0.29) is 5.82 Å². The molecule has 0 spiro atoms. The van der Waals surface area contributed by atoms with Crippen LogP contribution >= 0.6 is 0 Å². The minimum absolute atomic E-state index is 0.237. The van der Waals surface area contributed by atoms with Crippen molar-refractivity contribution in [1.29, 1.82) is 0 Å². The van der Waals surface area contributed by atoms with Crippen LogP contribution in [0, 0.1) is 24.1 Å². The molecule has 0 amide bonds. The van der Waals surface area contributed by atoms with Gasteiger partial charge in [0.2, 0.25) is 0 Å². The molecule has 1 N–H and O–H groups in total. The van der Waals surface area contributed by atoms with Crippen LogP contribution in [0.25, 0.3) is 0 Å². The molecular formula is C18H28FNO. The molecule has 2 rings (SSSR count). The summed E-state index contributed by atoms with van der Waals surface area (Å²) in [6.45, 7) is 12.4. The predicted octanol–water partition coefficient (Wildman–Crippen LogP) is 4.45. The number of nitrogens with zero attached hydrogens (tertiary/aromatic N) is 1. The lowest BCUT2D eigenvalue weighted by atomic mass is 9.75. The Morgan fingerprint density at radius 3 is 2.29 bits per heavy atom. The molecule has 1 saturated heterocycles. The van der Waals surface area contributed by atoms with Gasteiger partial charge in [-0.2, -0.15) is 0 Å². The van der Waals surface area contributed by atoms with Crippen LogP contribution in [0.3, 0.4) is 0 Å².